The predicted molar refractivity (Wildman–Crippen MR) is 109 cm³/mol. The molecule has 0 aliphatic rings. The van der Waals surface area contributed by atoms with E-state index in [1.165, 1.54) is 6.07 Å². The number of benzene rings is 2. The number of hydrogen-bond donors (Lipinski definition) is 1. The van der Waals surface area contributed by atoms with Crippen LogP contribution in [0.2, 0.25) is 5.02 Å². The average Bonchev–Trinajstić information content (AvgIpc) is 2.55. The molecule has 0 saturated carbocycles. The molecule has 0 heterocycles. The van der Waals surface area contributed by atoms with Gasteiger partial charge in [-0.1, -0.05) is 17.7 Å². The van der Waals surface area contributed by atoms with E-state index in [0.29, 0.717) is 27.7 Å². The van der Waals surface area contributed by atoms with Crippen molar-refractivity contribution in [3.05, 3.63) is 53.1 Å². The van der Waals surface area contributed by atoms with Crippen LogP contribution in [-0.2, 0) is 14.8 Å². The van der Waals surface area contributed by atoms with Crippen molar-refractivity contribution in [1.82, 2.24) is 0 Å². The summed E-state index contributed by atoms with van der Waals surface area (Å²) < 4.78 is 31.0. The zero-order valence-corrected chi connectivity index (χ0v) is 17.3. The van der Waals surface area contributed by atoms with Gasteiger partial charge in [0.1, 0.15) is 12.3 Å². The van der Waals surface area contributed by atoms with Crippen LogP contribution in [0.1, 0.15) is 19.4 Å². The first kappa shape index (κ1) is 21.1. The molecule has 0 spiro atoms. The fourth-order valence-corrected chi connectivity index (χ4v) is 3.52. The van der Waals surface area contributed by atoms with Crippen LogP contribution >= 0.6 is 11.6 Å². The molecule has 0 aliphatic heterocycles. The summed E-state index contributed by atoms with van der Waals surface area (Å²) in [6.07, 6.45) is 1.10. The Hall–Kier alpha value is -2.25. The number of hydrogen-bond acceptors (Lipinski definition) is 4. The van der Waals surface area contributed by atoms with E-state index in [1.54, 1.807) is 43.3 Å². The highest BCUT2D eigenvalue weighted by atomic mass is 35.5. The molecule has 146 valence electrons. The number of nitrogens with zero attached hydrogens (tertiary/aromatic N) is 1. The zero-order valence-electron chi connectivity index (χ0n) is 15.7. The van der Waals surface area contributed by atoms with Crippen molar-refractivity contribution in [2.75, 3.05) is 22.4 Å². The molecule has 2 aromatic rings. The molecule has 0 aliphatic carbocycles. The van der Waals surface area contributed by atoms with Crippen LogP contribution in [0.5, 0.6) is 5.75 Å². The normalized spacial score (nSPS) is 11.3. The first-order chi connectivity index (χ1) is 12.6. The number of amides is 1. The Morgan fingerprint density at radius 2 is 1.81 bits per heavy atom. The third-order valence-electron chi connectivity index (χ3n) is 3.64. The third-order valence-corrected chi connectivity index (χ3v) is 5.00. The molecule has 6 nitrogen and oxygen atoms in total. The first-order valence-electron chi connectivity index (χ1n) is 8.36. The van der Waals surface area contributed by atoms with E-state index in [1.807, 2.05) is 13.8 Å². The van der Waals surface area contributed by atoms with Crippen LogP contribution in [0.25, 0.3) is 0 Å². The number of anilines is 2. The van der Waals surface area contributed by atoms with Gasteiger partial charge in [0.05, 0.1) is 18.0 Å². The molecule has 0 bridgehead atoms. The Kier molecular flexibility index (Phi) is 6.73. The van der Waals surface area contributed by atoms with Gasteiger partial charge in [-0.15, -0.1) is 0 Å². The van der Waals surface area contributed by atoms with Crippen molar-refractivity contribution >= 4 is 38.9 Å². The van der Waals surface area contributed by atoms with Crippen molar-refractivity contribution in [2.24, 2.45) is 0 Å². The molecule has 0 fully saturated rings. The smallest absolute Gasteiger partial charge is 0.245 e. The molecule has 0 radical (unpaired) electrons. The van der Waals surface area contributed by atoms with Gasteiger partial charge < -0.3 is 10.1 Å². The minimum absolute atomic E-state index is 0.0506. The quantitative estimate of drug-likeness (QED) is 0.752. The average molecular weight is 411 g/mol. The lowest BCUT2D eigenvalue weighted by molar-refractivity contribution is -0.114. The highest BCUT2D eigenvalue weighted by Crippen LogP contribution is 2.26. The van der Waals surface area contributed by atoms with Crippen LogP contribution in [0.15, 0.2) is 42.5 Å². The monoisotopic (exact) mass is 410 g/mol. The number of nitrogens with one attached hydrogen (secondary N) is 1. The Bertz CT molecular complexity index is 912. The summed E-state index contributed by atoms with van der Waals surface area (Å²) >= 11 is 5.99. The SMILES string of the molecule is Cc1ccc(Cl)cc1N(CC(=O)Nc1ccc(OC(C)C)cc1)S(C)(=O)=O. The van der Waals surface area contributed by atoms with Crippen molar-refractivity contribution < 1.29 is 17.9 Å². The van der Waals surface area contributed by atoms with Crippen molar-refractivity contribution in [1.29, 1.82) is 0 Å². The number of sulfonamides is 1. The Morgan fingerprint density at radius 3 is 2.37 bits per heavy atom. The molecular weight excluding hydrogens is 388 g/mol. The van der Waals surface area contributed by atoms with E-state index >= 15 is 0 Å². The number of carbonyl (C=O) groups is 1. The second-order valence-electron chi connectivity index (χ2n) is 6.44. The van der Waals surface area contributed by atoms with Crippen molar-refractivity contribution in [2.45, 2.75) is 26.9 Å². The Balaban J connectivity index is 2.16. The Morgan fingerprint density at radius 1 is 1.19 bits per heavy atom. The zero-order chi connectivity index (χ0) is 20.2. The molecule has 1 amide bonds. The maximum absolute atomic E-state index is 12.4. The highest BCUT2D eigenvalue weighted by molar-refractivity contribution is 7.92. The first-order valence-corrected chi connectivity index (χ1v) is 10.6. The van der Waals surface area contributed by atoms with E-state index in [9.17, 15) is 13.2 Å². The van der Waals surface area contributed by atoms with E-state index in [2.05, 4.69) is 5.32 Å². The predicted octanol–water partition coefficient (Wildman–Crippen LogP) is 3.84. The number of halogens is 1. The summed E-state index contributed by atoms with van der Waals surface area (Å²) in [5.41, 5.74) is 1.63. The summed E-state index contributed by atoms with van der Waals surface area (Å²) in [7, 11) is -3.67. The lowest BCUT2D eigenvalue weighted by Gasteiger charge is -2.24. The highest BCUT2D eigenvalue weighted by Gasteiger charge is 2.22. The van der Waals surface area contributed by atoms with Gasteiger partial charge in [0.15, 0.2) is 0 Å². The van der Waals surface area contributed by atoms with Crippen LogP contribution < -0.4 is 14.4 Å². The van der Waals surface area contributed by atoms with Crippen molar-refractivity contribution in [3.63, 3.8) is 0 Å². The van der Waals surface area contributed by atoms with Gasteiger partial charge in [0, 0.05) is 10.7 Å². The van der Waals surface area contributed by atoms with E-state index < -0.39 is 15.9 Å². The minimum atomic E-state index is -3.67. The van der Waals surface area contributed by atoms with Crippen LogP contribution in [0.3, 0.4) is 0 Å². The van der Waals surface area contributed by atoms with Gasteiger partial charge in [0.25, 0.3) is 0 Å². The molecule has 27 heavy (non-hydrogen) atoms. The molecule has 0 saturated heterocycles. The second-order valence-corrected chi connectivity index (χ2v) is 8.78. The summed E-state index contributed by atoms with van der Waals surface area (Å²) in [5, 5.41) is 3.09. The van der Waals surface area contributed by atoms with Gasteiger partial charge >= 0.3 is 0 Å². The Labute approximate surface area is 165 Å². The van der Waals surface area contributed by atoms with Gasteiger partial charge in [0.2, 0.25) is 15.9 Å². The van der Waals surface area contributed by atoms with Gasteiger partial charge in [-0.05, 0) is 62.7 Å². The summed E-state index contributed by atoms with van der Waals surface area (Å²) in [5.74, 6) is 0.229. The standard InChI is InChI=1S/C19H23ClN2O4S/c1-13(2)26-17-9-7-16(8-10-17)21-19(23)12-22(27(4,24)25)18-11-15(20)6-5-14(18)3/h5-11,13H,12H2,1-4H3,(H,21,23). The summed E-state index contributed by atoms with van der Waals surface area (Å²) in [6, 6.07) is 11.8. The molecule has 0 aromatic heterocycles. The summed E-state index contributed by atoms with van der Waals surface area (Å²) in [4.78, 5) is 12.4. The fourth-order valence-electron chi connectivity index (χ4n) is 2.45. The topological polar surface area (TPSA) is 75.7 Å². The third kappa shape index (κ3) is 6.15. The fraction of sp³-hybridized carbons (Fsp3) is 0.316. The van der Waals surface area contributed by atoms with E-state index in [0.717, 1.165) is 10.6 Å². The number of ether oxygens (including phenoxy) is 1. The minimum Gasteiger partial charge on any atom is -0.491 e. The lowest BCUT2D eigenvalue weighted by Crippen LogP contribution is -2.37. The molecule has 8 heteroatoms. The van der Waals surface area contributed by atoms with Crippen LogP contribution in [0.4, 0.5) is 11.4 Å². The van der Waals surface area contributed by atoms with Gasteiger partial charge in [-0.2, -0.15) is 0 Å². The lowest BCUT2D eigenvalue weighted by atomic mass is 10.2. The van der Waals surface area contributed by atoms with Crippen LogP contribution in [0, 0.1) is 6.92 Å². The second kappa shape index (κ2) is 8.63. The molecule has 1 N–H and O–H groups in total. The maximum Gasteiger partial charge on any atom is 0.245 e. The van der Waals surface area contributed by atoms with E-state index in [-0.39, 0.29) is 12.6 Å². The largest absolute Gasteiger partial charge is 0.491 e. The molecule has 0 unspecified atom stereocenters. The molecular formula is C19H23ClN2O4S. The molecule has 2 rings (SSSR count). The number of carbonyl (C=O) groups excluding carboxylic acids is 1. The van der Waals surface area contributed by atoms with Crippen LogP contribution in [-0.4, -0.2) is 33.2 Å². The molecule has 0 atom stereocenters. The summed E-state index contributed by atoms with van der Waals surface area (Å²) in [6.45, 7) is 5.25. The van der Waals surface area contributed by atoms with Gasteiger partial charge in [-0.3, -0.25) is 9.10 Å². The van der Waals surface area contributed by atoms with Gasteiger partial charge in [-0.25, -0.2) is 8.42 Å². The van der Waals surface area contributed by atoms with E-state index in [4.69, 9.17) is 16.3 Å². The van der Waals surface area contributed by atoms with Crippen molar-refractivity contribution in [3.8, 4) is 5.75 Å². The number of aryl methyl sites for hydroxylation is 1. The molecule has 2 aromatic carbocycles. The maximum atomic E-state index is 12.4. The number of rotatable bonds is 7.